The van der Waals surface area contributed by atoms with Crippen molar-refractivity contribution in [3.8, 4) is 0 Å². The lowest BCUT2D eigenvalue weighted by atomic mass is 10.0. The molecule has 2 aromatic rings. The van der Waals surface area contributed by atoms with E-state index >= 15 is 0 Å². The van der Waals surface area contributed by atoms with E-state index < -0.39 is 0 Å². The summed E-state index contributed by atoms with van der Waals surface area (Å²) in [4.78, 5) is 12.7. The topological polar surface area (TPSA) is 32.7 Å². The molecule has 3 rings (SSSR count). The zero-order chi connectivity index (χ0) is 17.3. The summed E-state index contributed by atoms with van der Waals surface area (Å²) in [6.45, 7) is 6.15. The molecule has 0 N–H and O–H groups in total. The number of anilines is 1. The van der Waals surface area contributed by atoms with E-state index in [4.69, 9.17) is 11.6 Å². The molecule has 0 saturated carbocycles. The number of rotatable bonds is 3. The summed E-state index contributed by atoms with van der Waals surface area (Å²) < 4.78 is 0. The first-order valence-corrected chi connectivity index (χ1v) is 8.31. The van der Waals surface area contributed by atoms with Crippen molar-refractivity contribution in [1.82, 2.24) is 0 Å². The maximum atomic E-state index is 12.7. The Hall–Kier alpha value is -2.39. The fourth-order valence-electron chi connectivity index (χ4n) is 2.61. The Labute approximate surface area is 147 Å². The molecule has 1 aliphatic rings. The van der Waals surface area contributed by atoms with Crippen LogP contribution in [0.25, 0.3) is 6.08 Å². The van der Waals surface area contributed by atoms with Gasteiger partial charge >= 0.3 is 0 Å². The van der Waals surface area contributed by atoms with E-state index in [1.807, 2.05) is 37.3 Å². The van der Waals surface area contributed by atoms with Gasteiger partial charge in [-0.05, 0) is 42.2 Å². The molecule has 4 heteroatoms. The average Bonchev–Trinajstić information content (AvgIpc) is 2.84. The summed E-state index contributed by atoms with van der Waals surface area (Å²) in [5.74, 6) is 0.326. The normalized spacial score (nSPS) is 16.2. The van der Waals surface area contributed by atoms with Gasteiger partial charge in [0.25, 0.3) is 5.91 Å². The van der Waals surface area contributed by atoms with Crippen molar-refractivity contribution in [1.29, 1.82) is 0 Å². The first-order chi connectivity index (χ1) is 11.5. The lowest BCUT2D eigenvalue weighted by Crippen LogP contribution is -2.21. The van der Waals surface area contributed by atoms with Crippen LogP contribution in [0.4, 0.5) is 5.69 Å². The number of hydrogen-bond donors (Lipinski definition) is 0. The number of nitrogens with zero attached hydrogens (tertiary/aromatic N) is 2. The lowest BCUT2D eigenvalue weighted by Gasteiger charge is -2.13. The Balaban J connectivity index is 1.91. The molecule has 0 bridgehead atoms. The highest BCUT2D eigenvalue weighted by Gasteiger charge is 2.29. The Kier molecular flexibility index (Phi) is 4.54. The zero-order valence-corrected chi connectivity index (χ0v) is 14.7. The second-order valence-electron chi connectivity index (χ2n) is 6.13. The highest BCUT2D eigenvalue weighted by atomic mass is 35.5. The molecule has 1 heterocycles. The molecule has 1 amide bonds. The van der Waals surface area contributed by atoms with E-state index in [2.05, 4.69) is 31.1 Å². The maximum absolute atomic E-state index is 12.7. The first-order valence-electron chi connectivity index (χ1n) is 7.93. The molecular weight excluding hydrogens is 320 g/mol. The van der Waals surface area contributed by atoms with Gasteiger partial charge in [0.05, 0.1) is 22.0 Å². The standard InChI is InChI=1S/C20H19ClN2O/c1-13(2)16-10-8-15(9-11-16)12-17-14(3)22-23(20(17)24)19-7-5-4-6-18(19)21/h4-13H,1-3H3/b17-12-. The number of carbonyl (C=O) groups excluding carboxylic acids is 1. The average molecular weight is 339 g/mol. The van der Waals surface area contributed by atoms with Gasteiger partial charge in [0.15, 0.2) is 0 Å². The molecule has 0 spiro atoms. The summed E-state index contributed by atoms with van der Waals surface area (Å²) in [6, 6.07) is 15.5. The second-order valence-corrected chi connectivity index (χ2v) is 6.54. The third kappa shape index (κ3) is 3.13. The number of carbonyl (C=O) groups is 1. The molecule has 122 valence electrons. The molecule has 3 nitrogen and oxygen atoms in total. The Morgan fingerprint density at radius 1 is 1.08 bits per heavy atom. The Morgan fingerprint density at radius 2 is 1.75 bits per heavy atom. The molecule has 2 aromatic carbocycles. The number of halogens is 1. The van der Waals surface area contributed by atoms with Crippen LogP contribution in [0.2, 0.25) is 5.02 Å². The fourth-order valence-corrected chi connectivity index (χ4v) is 2.83. The summed E-state index contributed by atoms with van der Waals surface area (Å²) in [6.07, 6.45) is 1.88. The van der Waals surface area contributed by atoms with E-state index in [0.29, 0.717) is 27.9 Å². The van der Waals surface area contributed by atoms with Crippen molar-refractivity contribution in [2.75, 3.05) is 5.01 Å². The third-order valence-corrected chi connectivity index (χ3v) is 4.38. The minimum atomic E-state index is -0.159. The quantitative estimate of drug-likeness (QED) is 0.702. The SMILES string of the molecule is CC1=NN(c2ccccc2Cl)C(=O)/C1=C\c1ccc(C(C)C)cc1. The molecule has 0 atom stereocenters. The van der Waals surface area contributed by atoms with Gasteiger partial charge in [0.1, 0.15) is 0 Å². The molecule has 0 fully saturated rings. The van der Waals surface area contributed by atoms with Crippen LogP contribution in [0.1, 0.15) is 37.8 Å². The number of benzene rings is 2. The predicted molar refractivity (Wildman–Crippen MR) is 101 cm³/mol. The van der Waals surface area contributed by atoms with Gasteiger partial charge < -0.3 is 0 Å². The summed E-state index contributed by atoms with van der Waals surface area (Å²) in [5, 5.41) is 6.24. The summed E-state index contributed by atoms with van der Waals surface area (Å²) in [7, 11) is 0. The van der Waals surface area contributed by atoms with Crippen LogP contribution in [0.5, 0.6) is 0 Å². The van der Waals surface area contributed by atoms with Crippen molar-refractivity contribution in [3.05, 3.63) is 70.3 Å². The smallest absolute Gasteiger partial charge is 0.267 e. The van der Waals surface area contributed by atoms with Crippen molar-refractivity contribution >= 4 is 35.0 Å². The van der Waals surface area contributed by atoms with Gasteiger partial charge in [-0.2, -0.15) is 10.1 Å². The zero-order valence-electron chi connectivity index (χ0n) is 14.0. The molecule has 0 saturated heterocycles. The third-order valence-electron chi connectivity index (χ3n) is 4.06. The number of para-hydroxylation sites is 1. The van der Waals surface area contributed by atoms with Gasteiger partial charge in [-0.25, -0.2) is 0 Å². The molecule has 0 unspecified atom stereocenters. The van der Waals surface area contributed by atoms with E-state index in [-0.39, 0.29) is 5.91 Å². The van der Waals surface area contributed by atoms with Crippen LogP contribution in [-0.4, -0.2) is 11.6 Å². The van der Waals surface area contributed by atoms with Crippen LogP contribution in [-0.2, 0) is 4.79 Å². The maximum Gasteiger partial charge on any atom is 0.280 e. The molecular formula is C20H19ClN2O. The number of hydrazone groups is 1. The van der Waals surface area contributed by atoms with Crippen LogP contribution < -0.4 is 5.01 Å². The summed E-state index contributed by atoms with van der Waals surface area (Å²) >= 11 is 6.19. The molecule has 24 heavy (non-hydrogen) atoms. The largest absolute Gasteiger partial charge is 0.280 e. The lowest BCUT2D eigenvalue weighted by molar-refractivity contribution is -0.114. The molecule has 1 aliphatic heterocycles. The summed E-state index contributed by atoms with van der Waals surface area (Å²) in [5.41, 5.74) is 4.14. The van der Waals surface area contributed by atoms with Crippen molar-refractivity contribution in [2.24, 2.45) is 5.10 Å². The van der Waals surface area contributed by atoms with E-state index in [1.165, 1.54) is 10.6 Å². The van der Waals surface area contributed by atoms with E-state index in [0.717, 1.165) is 5.56 Å². The number of amides is 1. The van der Waals surface area contributed by atoms with E-state index in [1.54, 1.807) is 12.1 Å². The Morgan fingerprint density at radius 3 is 2.38 bits per heavy atom. The monoisotopic (exact) mass is 338 g/mol. The van der Waals surface area contributed by atoms with Gasteiger partial charge in [-0.3, -0.25) is 4.79 Å². The highest BCUT2D eigenvalue weighted by molar-refractivity contribution is 6.37. The molecule has 0 aliphatic carbocycles. The number of hydrogen-bond acceptors (Lipinski definition) is 2. The predicted octanol–water partition coefficient (Wildman–Crippen LogP) is 5.27. The minimum Gasteiger partial charge on any atom is -0.267 e. The van der Waals surface area contributed by atoms with Crippen LogP contribution >= 0.6 is 11.6 Å². The van der Waals surface area contributed by atoms with Gasteiger partial charge in [0.2, 0.25) is 0 Å². The van der Waals surface area contributed by atoms with Crippen molar-refractivity contribution in [2.45, 2.75) is 26.7 Å². The van der Waals surface area contributed by atoms with Crippen LogP contribution in [0, 0.1) is 0 Å². The highest BCUT2D eigenvalue weighted by Crippen LogP contribution is 2.30. The van der Waals surface area contributed by atoms with Crippen LogP contribution in [0.3, 0.4) is 0 Å². The van der Waals surface area contributed by atoms with Crippen molar-refractivity contribution in [3.63, 3.8) is 0 Å². The fraction of sp³-hybridized carbons (Fsp3) is 0.200. The van der Waals surface area contributed by atoms with Gasteiger partial charge in [-0.15, -0.1) is 0 Å². The van der Waals surface area contributed by atoms with Gasteiger partial charge in [0, 0.05) is 0 Å². The van der Waals surface area contributed by atoms with Crippen molar-refractivity contribution < 1.29 is 4.79 Å². The van der Waals surface area contributed by atoms with E-state index in [9.17, 15) is 4.79 Å². The minimum absolute atomic E-state index is 0.159. The second kappa shape index (κ2) is 6.62. The first kappa shape index (κ1) is 16.5. The molecule has 0 aromatic heterocycles. The van der Waals surface area contributed by atoms with Crippen LogP contribution in [0.15, 0.2) is 59.2 Å². The van der Waals surface area contributed by atoms with Gasteiger partial charge in [-0.1, -0.05) is 61.8 Å². The molecule has 0 radical (unpaired) electrons. The Bertz CT molecular complexity index is 835.